The Morgan fingerprint density at radius 1 is 0.909 bits per heavy atom. The summed E-state index contributed by atoms with van der Waals surface area (Å²) in [5.74, 6) is 0.0233. The molecule has 1 saturated heterocycles. The number of piperazine rings is 1. The van der Waals surface area contributed by atoms with E-state index in [-0.39, 0.29) is 23.4 Å². The largest absolute Gasteiger partial charge is 0.336 e. The van der Waals surface area contributed by atoms with E-state index in [1.807, 2.05) is 65.6 Å². The highest BCUT2D eigenvalue weighted by atomic mass is 79.9. The smallest absolute Gasteiger partial charge is 0.253 e. The van der Waals surface area contributed by atoms with Crippen LogP contribution in [0.3, 0.4) is 0 Å². The van der Waals surface area contributed by atoms with Crippen LogP contribution in [0.25, 0.3) is 0 Å². The van der Waals surface area contributed by atoms with E-state index in [0.29, 0.717) is 31.5 Å². The average Bonchev–Trinajstić information content (AvgIpc) is 2.84. The van der Waals surface area contributed by atoms with E-state index in [1.54, 1.807) is 0 Å². The first-order chi connectivity index (χ1) is 16.0. The predicted octanol–water partition coefficient (Wildman–Crippen LogP) is 4.63. The molecule has 1 aliphatic carbocycles. The van der Waals surface area contributed by atoms with Gasteiger partial charge in [0.1, 0.15) is 0 Å². The molecule has 2 aliphatic rings. The monoisotopic (exact) mass is 508 g/mol. The Balaban J connectivity index is 1.20. The fourth-order valence-corrected chi connectivity index (χ4v) is 4.86. The number of halogens is 1. The molecule has 172 valence electrons. The number of benzene rings is 2. The minimum absolute atomic E-state index is 0.000217. The van der Waals surface area contributed by atoms with Gasteiger partial charge in [-0.3, -0.25) is 19.3 Å². The predicted molar refractivity (Wildman–Crippen MR) is 132 cm³/mol. The van der Waals surface area contributed by atoms with Crippen LogP contribution < -0.4 is 0 Å². The first kappa shape index (κ1) is 23.6. The van der Waals surface area contributed by atoms with Crippen LogP contribution in [0.1, 0.15) is 47.5 Å². The molecule has 0 unspecified atom stereocenters. The number of allylic oxidation sites excluding steroid dienone is 2. The molecule has 2 aromatic rings. The van der Waals surface area contributed by atoms with Crippen molar-refractivity contribution in [1.29, 1.82) is 0 Å². The maximum absolute atomic E-state index is 12.6. The summed E-state index contributed by atoms with van der Waals surface area (Å²) in [4.78, 5) is 42.1. The number of hydrogen-bond donors (Lipinski definition) is 0. The van der Waals surface area contributed by atoms with Crippen molar-refractivity contribution in [1.82, 2.24) is 9.80 Å². The summed E-state index contributed by atoms with van der Waals surface area (Å²) < 4.78 is 0.964. The second kappa shape index (κ2) is 11.0. The van der Waals surface area contributed by atoms with Gasteiger partial charge in [0.05, 0.1) is 5.57 Å². The highest BCUT2D eigenvalue weighted by Crippen LogP contribution is 2.31. The zero-order valence-corrected chi connectivity index (χ0v) is 20.3. The first-order valence-electron chi connectivity index (χ1n) is 11.6. The van der Waals surface area contributed by atoms with Crippen molar-refractivity contribution in [2.75, 3.05) is 32.7 Å². The number of ketones is 2. The van der Waals surface area contributed by atoms with Crippen LogP contribution >= 0.6 is 15.9 Å². The molecule has 1 heterocycles. The zero-order valence-electron chi connectivity index (χ0n) is 18.7. The molecule has 0 radical (unpaired) electrons. The van der Waals surface area contributed by atoms with Crippen LogP contribution in [0.2, 0.25) is 0 Å². The molecule has 0 aromatic heterocycles. The van der Waals surface area contributed by atoms with Gasteiger partial charge in [0.2, 0.25) is 0 Å². The quantitative estimate of drug-likeness (QED) is 0.324. The third kappa shape index (κ3) is 6.06. The molecule has 0 N–H and O–H groups in total. The Labute approximate surface area is 203 Å². The number of carbonyl (C=O) groups is 3. The number of unbranched alkanes of at least 4 members (excludes halogenated alkanes) is 1. The third-order valence-corrected chi connectivity index (χ3v) is 7.04. The second-order valence-electron chi connectivity index (χ2n) is 8.76. The lowest BCUT2D eigenvalue weighted by Gasteiger charge is -2.34. The van der Waals surface area contributed by atoms with E-state index in [2.05, 4.69) is 20.8 Å². The summed E-state index contributed by atoms with van der Waals surface area (Å²) in [6, 6.07) is 17.3. The molecule has 1 saturated carbocycles. The molecule has 6 heteroatoms. The number of rotatable bonds is 6. The molecule has 0 atom stereocenters. The van der Waals surface area contributed by atoms with Gasteiger partial charge in [0, 0.05) is 49.1 Å². The van der Waals surface area contributed by atoms with Gasteiger partial charge in [-0.1, -0.05) is 52.3 Å². The van der Waals surface area contributed by atoms with Gasteiger partial charge in [-0.25, -0.2) is 0 Å². The fraction of sp³-hybridized carbons (Fsp3) is 0.370. The van der Waals surface area contributed by atoms with Gasteiger partial charge in [-0.15, -0.1) is 0 Å². The molecule has 0 spiro atoms. The van der Waals surface area contributed by atoms with Crippen molar-refractivity contribution in [2.24, 2.45) is 0 Å². The molecule has 33 heavy (non-hydrogen) atoms. The number of carbonyl (C=O) groups excluding carboxylic acids is 3. The van der Waals surface area contributed by atoms with Gasteiger partial charge in [-0.2, -0.15) is 0 Å². The van der Waals surface area contributed by atoms with Crippen LogP contribution in [-0.4, -0.2) is 60.0 Å². The second-order valence-corrected chi connectivity index (χ2v) is 9.68. The van der Waals surface area contributed by atoms with E-state index in [1.165, 1.54) is 0 Å². The molecule has 5 nitrogen and oxygen atoms in total. The Morgan fingerprint density at radius 3 is 2.18 bits per heavy atom. The summed E-state index contributed by atoms with van der Waals surface area (Å²) in [5, 5.41) is 0. The van der Waals surface area contributed by atoms with Crippen molar-refractivity contribution in [3.63, 3.8) is 0 Å². The first-order valence-corrected chi connectivity index (χ1v) is 12.4. The lowest BCUT2D eigenvalue weighted by molar-refractivity contribution is -0.124. The Morgan fingerprint density at radius 2 is 1.55 bits per heavy atom. The zero-order chi connectivity index (χ0) is 23.2. The summed E-state index contributed by atoms with van der Waals surface area (Å²) in [6.07, 6.45) is 4.29. The van der Waals surface area contributed by atoms with Crippen molar-refractivity contribution < 1.29 is 14.4 Å². The van der Waals surface area contributed by atoms with Crippen LogP contribution in [0.5, 0.6) is 0 Å². The molecular weight excluding hydrogens is 480 g/mol. The Hall–Kier alpha value is -2.57. The maximum Gasteiger partial charge on any atom is 0.253 e. The van der Waals surface area contributed by atoms with Crippen LogP contribution in [0, 0.1) is 0 Å². The summed E-state index contributed by atoms with van der Waals surface area (Å²) >= 11 is 3.40. The van der Waals surface area contributed by atoms with Crippen LogP contribution in [-0.2, 0) is 9.59 Å². The van der Waals surface area contributed by atoms with E-state index in [0.717, 1.165) is 48.1 Å². The maximum atomic E-state index is 12.6. The average molecular weight is 509 g/mol. The highest BCUT2D eigenvalue weighted by molar-refractivity contribution is 9.10. The summed E-state index contributed by atoms with van der Waals surface area (Å²) in [7, 11) is 0. The number of amides is 1. The van der Waals surface area contributed by atoms with Crippen LogP contribution in [0.15, 0.2) is 70.7 Å². The summed E-state index contributed by atoms with van der Waals surface area (Å²) in [6.45, 7) is 4.02. The molecule has 1 aliphatic heterocycles. The molecule has 1 amide bonds. The number of nitrogens with zero attached hydrogens (tertiary/aromatic N) is 2. The summed E-state index contributed by atoms with van der Waals surface area (Å²) in [5.41, 5.74) is 2.18. The lowest BCUT2D eigenvalue weighted by atomic mass is 9.79. The fourth-order valence-electron chi connectivity index (χ4n) is 4.59. The van der Waals surface area contributed by atoms with Crippen molar-refractivity contribution in [2.45, 2.75) is 31.6 Å². The molecule has 0 bridgehead atoms. The standard InChI is InChI=1S/C27H29BrN2O3/c28-23-11-9-21(10-12-23)27(33)30-16-14-29(15-17-30)13-5-4-8-24-25(31)18-22(19-26(24)32)20-6-2-1-3-7-20/h1-3,6-12,22H,4-5,13-19H2. The van der Waals surface area contributed by atoms with Crippen molar-refractivity contribution in [3.8, 4) is 0 Å². The highest BCUT2D eigenvalue weighted by Gasteiger charge is 2.31. The van der Waals surface area contributed by atoms with E-state index >= 15 is 0 Å². The van der Waals surface area contributed by atoms with E-state index < -0.39 is 0 Å². The van der Waals surface area contributed by atoms with Gasteiger partial charge in [-0.05, 0) is 55.1 Å². The Kier molecular flexibility index (Phi) is 7.89. The topological polar surface area (TPSA) is 57.7 Å². The van der Waals surface area contributed by atoms with Crippen LogP contribution in [0.4, 0.5) is 0 Å². The molecule has 2 fully saturated rings. The SMILES string of the molecule is O=C1CC(c2ccccc2)CC(=O)C1=CCCCN1CCN(C(=O)c2ccc(Br)cc2)CC1. The normalized spacial score (nSPS) is 19.6. The third-order valence-electron chi connectivity index (χ3n) is 6.51. The molecule has 4 rings (SSSR count). The lowest BCUT2D eigenvalue weighted by Crippen LogP contribution is -2.48. The van der Waals surface area contributed by atoms with Gasteiger partial charge in [0.25, 0.3) is 5.91 Å². The van der Waals surface area contributed by atoms with Gasteiger partial charge >= 0.3 is 0 Å². The van der Waals surface area contributed by atoms with Crippen molar-refractivity contribution >= 4 is 33.4 Å². The molecular formula is C27H29BrN2O3. The van der Waals surface area contributed by atoms with Gasteiger partial charge < -0.3 is 4.90 Å². The Bertz CT molecular complexity index is 1010. The van der Waals surface area contributed by atoms with E-state index in [4.69, 9.17) is 0 Å². The van der Waals surface area contributed by atoms with Gasteiger partial charge in [0.15, 0.2) is 11.6 Å². The van der Waals surface area contributed by atoms with Crippen molar-refractivity contribution in [3.05, 3.63) is 81.8 Å². The van der Waals surface area contributed by atoms with E-state index in [9.17, 15) is 14.4 Å². The minimum atomic E-state index is -0.0276. The number of Topliss-reactive ketones (excluding diaryl/α,β-unsaturated/α-hetero) is 2. The number of hydrogen-bond acceptors (Lipinski definition) is 4. The molecule has 2 aromatic carbocycles. The minimum Gasteiger partial charge on any atom is -0.336 e.